The Hall–Kier alpha value is -3.19. The lowest BCUT2D eigenvalue weighted by Gasteiger charge is -2.11. The third kappa shape index (κ3) is 2.28. The van der Waals surface area contributed by atoms with Crippen LogP contribution in [0.5, 0.6) is 0 Å². The van der Waals surface area contributed by atoms with Gasteiger partial charge in [0.05, 0.1) is 5.69 Å². The number of aryl methyl sites for hydroxylation is 2. The molecule has 5 rings (SSSR count). The zero-order valence-corrected chi connectivity index (χ0v) is 15.0. The van der Waals surface area contributed by atoms with Crippen molar-refractivity contribution >= 4 is 32.3 Å². The van der Waals surface area contributed by atoms with Crippen LogP contribution in [0.2, 0.25) is 0 Å². The molecule has 0 aliphatic rings. The second-order valence-corrected chi connectivity index (χ2v) is 7.04. The van der Waals surface area contributed by atoms with Gasteiger partial charge in [0.2, 0.25) is 0 Å². The minimum atomic E-state index is 1.05. The largest absolute Gasteiger partial charge is 0.256 e. The van der Waals surface area contributed by atoms with Crippen molar-refractivity contribution in [2.24, 2.45) is 0 Å². The normalized spacial score (nSPS) is 11.5. The maximum Gasteiger partial charge on any atom is 0.0780 e. The standard InChI is InChI=1S/C25H19N/c1-16-13-20-9-10-23-22(24(20)14-17(16)2)11-12-26-25(23)21-8-7-18-5-3-4-6-19(18)15-21/h3-15H,1-2H3. The zero-order chi connectivity index (χ0) is 17.7. The molecule has 4 aromatic carbocycles. The van der Waals surface area contributed by atoms with Crippen molar-refractivity contribution < 1.29 is 0 Å². The molecular weight excluding hydrogens is 314 g/mol. The van der Waals surface area contributed by atoms with E-state index in [4.69, 9.17) is 4.98 Å². The molecule has 5 aromatic rings. The van der Waals surface area contributed by atoms with Gasteiger partial charge in [-0.15, -0.1) is 0 Å². The van der Waals surface area contributed by atoms with Crippen molar-refractivity contribution in [3.8, 4) is 11.3 Å². The van der Waals surface area contributed by atoms with E-state index in [1.54, 1.807) is 0 Å². The van der Waals surface area contributed by atoms with Crippen LogP contribution in [-0.2, 0) is 0 Å². The Morgan fingerprint density at radius 3 is 2.23 bits per heavy atom. The second kappa shape index (κ2) is 5.67. The molecule has 0 saturated carbocycles. The molecule has 1 nitrogen and oxygen atoms in total. The highest BCUT2D eigenvalue weighted by molar-refractivity contribution is 6.11. The highest BCUT2D eigenvalue weighted by Crippen LogP contribution is 2.33. The maximum absolute atomic E-state index is 4.73. The molecule has 0 bridgehead atoms. The van der Waals surface area contributed by atoms with Gasteiger partial charge < -0.3 is 0 Å². The van der Waals surface area contributed by atoms with E-state index < -0.39 is 0 Å². The summed E-state index contributed by atoms with van der Waals surface area (Å²) in [5.41, 5.74) is 4.88. The molecule has 1 heterocycles. The lowest BCUT2D eigenvalue weighted by atomic mass is 9.95. The molecular formula is C25H19N. The summed E-state index contributed by atoms with van der Waals surface area (Å²) >= 11 is 0. The molecule has 124 valence electrons. The van der Waals surface area contributed by atoms with Gasteiger partial charge in [0, 0.05) is 17.1 Å². The Kier molecular flexibility index (Phi) is 3.29. The van der Waals surface area contributed by atoms with E-state index in [0.717, 1.165) is 11.3 Å². The molecule has 0 unspecified atom stereocenters. The molecule has 0 atom stereocenters. The van der Waals surface area contributed by atoms with Gasteiger partial charge in [-0.2, -0.15) is 0 Å². The summed E-state index contributed by atoms with van der Waals surface area (Å²) in [5.74, 6) is 0. The summed E-state index contributed by atoms with van der Waals surface area (Å²) in [4.78, 5) is 4.73. The minimum absolute atomic E-state index is 1.05. The second-order valence-electron chi connectivity index (χ2n) is 7.04. The first-order valence-electron chi connectivity index (χ1n) is 8.98. The molecule has 0 spiro atoms. The molecule has 0 aliphatic carbocycles. The van der Waals surface area contributed by atoms with Crippen molar-refractivity contribution in [2.45, 2.75) is 13.8 Å². The summed E-state index contributed by atoms with van der Waals surface area (Å²) in [6, 6.07) is 26.2. The summed E-state index contributed by atoms with van der Waals surface area (Å²) in [7, 11) is 0. The predicted molar refractivity (Wildman–Crippen MR) is 112 cm³/mol. The van der Waals surface area contributed by atoms with Crippen LogP contribution in [0, 0.1) is 13.8 Å². The molecule has 1 heteroatoms. The van der Waals surface area contributed by atoms with Gasteiger partial charge in [-0.3, -0.25) is 4.98 Å². The number of benzene rings is 4. The van der Waals surface area contributed by atoms with E-state index in [1.807, 2.05) is 6.20 Å². The Labute approximate surface area is 152 Å². The summed E-state index contributed by atoms with van der Waals surface area (Å²) in [6.07, 6.45) is 1.93. The van der Waals surface area contributed by atoms with Gasteiger partial charge in [0.25, 0.3) is 0 Å². The van der Waals surface area contributed by atoms with Crippen molar-refractivity contribution in [2.75, 3.05) is 0 Å². The third-order valence-electron chi connectivity index (χ3n) is 5.40. The van der Waals surface area contributed by atoms with Crippen LogP contribution in [0.3, 0.4) is 0 Å². The van der Waals surface area contributed by atoms with Crippen LogP contribution in [0.1, 0.15) is 11.1 Å². The predicted octanol–water partition coefficient (Wildman–Crippen LogP) is 6.83. The molecule has 0 aliphatic heterocycles. The van der Waals surface area contributed by atoms with Crippen LogP contribution in [0.4, 0.5) is 0 Å². The van der Waals surface area contributed by atoms with Crippen molar-refractivity contribution in [3.05, 3.63) is 90.1 Å². The number of aromatic nitrogens is 1. The summed E-state index contributed by atoms with van der Waals surface area (Å²) < 4.78 is 0. The van der Waals surface area contributed by atoms with Crippen LogP contribution >= 0.6 is 0 Å². The highest BCUT2D eigenvalue weighted by atomic mass is 14.7. The molecule has 0 saturated heterocycles. The van der Waals surface area contributed by atoms with Crippen LogP contribution in [-0.4, -0.2) is 4.98 Å². The fraction of sp³-hybridized carbons (Fsp3) is 0.0800. The van der Waals surface area contributed by atoms with Crippen molar-refractivity contribution in [3.63, 3.8) is 0 Å². The van der Waals surface area contributed by atoms with Crippen LogP contribution in [0.15, 0.2) is 79.0 Å². The van der Waals surface area contributed by atoms with Crippen molar-refractivity contribution in [1.29, 1.82) is 0 Å². The summed E-state index contributed by atoms with van der Waals surface area (Å²) in [6.45, 7) is 4.35. The zero-order valence-electron chi connectivity index (χ0n) is 15.0. The fourth-order valence-electron chi connectivity index (χ4n) is 3.83. The number of rotatable bonds is 1. The Morgan fingerprint density at radius 1 is 0.577 bits per heavy atom. The topological polar surface area (TPSA) is 12.9 Å². The number of hydrogen-bond donors (Lipinski definition) is 0. The molecule has 0 fully saturated rings. The van der Waals surface area contributed by atoms with Gasteiger partial charge in [-0.25, -0.2) is 0 Å². The van der Waals surface area contributed by atoms with E-state index in [0.29, 0.717) is 0 Å². The average molecular weight is 333 g/mol. The third-order valence-corrected chi connectivity index (χ3v) is 5.40. The van der Waals surface area contributed by atoms with Gasteiger partial charge in [0.15, 0.2) is 0 Å². The van der Waals surface area contributed by atoms with Crippen molar-refractivity contribution in [1.82, 2.24) is 4.98 Å². The first-order valence-corrected chi connectivity index (χ1v) is 8.98. The number of fused-ring (bicyclic) bond motifs is 4. The summed E-state index contributed by atoms with van der Waals surface area (Å²) in [5, 5.41) is 7.57. The van der Waals surface area contributed by atoms with Gasteiger partial charge in [-0.1, -0.05) is 60.7 Å². The van der Waals surface area contributed by atoms with E-state index in [2.05, 4.69) is 86.6 Å². The molecule has 0 radical (unpaired) electrons. The number of nitrogens with zero attached hydrogens (tertiary/aromatic N) is 1. The lowest BCUT2D eigenvalue weighted by molar-refractivity contribution is 1.35. The number of pyridine rings is 1. The lowest BCUT2D eigenvalue weighted by Crippen LogP contribution is -1.89. The molecule has 0 amide bonds. The van der Waals surface area contributed by atoms with E-state index in [9.17, 15) is 0 Å². The first-order chi connectivity index (χ1) is 12.7. The number of hydrogen-bond acceptors (Lipinski definition) is 1. The molecule has 26 heavy (non-hydrogen) atoms. The SMILES string of the molecule is Cc1cc2ccc3c(-c4ccc5ccccc5c4)nccc3c2cc1C. The Balaban J connectivity index is 1.82. The quantitative estimate of drug-likeness (QED) is 0.306. The Morgan fingerprint density at radius 2 is 1.35 bits per heavy atom. The highest BCUT2D eigenvalue weighted by Gasteiger charge is 2.09. The van der Waals surface area contributed by atoms with Gasteiger partial charge in [-0.05, 0) is 64.0 Å². The first kappa shape index (κ1) is 15.1. The Bertz CT molecular complexity index is 1300. The molecule has 0 N–H and O–H groups in total. The van der Waals surface area contributed by atoms with E-state index in [1.165, 1.54) is 43.4 Å². The fourth-order valence-corrected chi connectivity index (χ4v) is 3.83. The van der Waals surface area contributed by atoms with Gasteiger partial charge in [0.1, 0.15) is 0 Å². The average Bonchev–Trinajstić information content (AvgIpc) is 2.68. The van der Waals surface area contributed by atoms with Crippen LogP contribution < -0.4 is 0 Å². The van der Waals surface area contributed by atoms with E-state index >= 15 is 0 Å². The molecule has 1 aromatic heterocycles. The van der Waals surface area contributed by atoms with E-state index in [-0.39, 0.29) is 0 Å². The maximum atomic E-state index is 4.73. The van der Waals surface area contributed by atoms with Crippen LogP contribution in [0.25, 0.3) is 43.6 Å². The smallest absolute Gasteiger partial charge is 0.0780 e. The van der Waals surface area contributed by atoms with Gasteiger partial charge >= 0.3 is 0 Å². The monoisotopic (exact) mass is 333 g/mol. The minimum Gasteiger partial charge on any atom is -0.256 e.